The minimum absolute atomic E-state index is 0.0273. The molecule has 0 radical (unpaired) electrons. The second-order valence-electron chi connectivity index (χ2n) is 4.68. The Kier molecular flexibility index (Phi) is 3.03. The van der Waals surface area contributed by atoms with Gasteiger partial charge in [-0.25, -0.2) is 4.98 Å². The number of carbonyl (C=O) groups is 1. The number of ketones is 1. The maximum atomic E-state index is 12.2. The first-order valence-electron chi connectivity index (χ1n) is 6.09. The number of aromatic nitrogens is 2. The lowest BCUT2D eigenvalue weighted by molar-refractivity contribution is 0.0987. The number of nitrogens with zero attached hydrogens (tertiary/aromatic N) is 2. The number of hydrogen-bond acceptors (Lipinski definition) is 3. The highest BCUT2D eigenvalue weighted by Gasteiger charge is 2.20. The van der Waals surface area contributed by atoms with Gasteiger partial charge in [0.1, 0.15) is 11.4 Å². The third-order valence-electron chi connectivity index (χ3n) is 3.17. The van der Waals surface area contributed by atoms with Crippen molar-refractivity contribution in [1.29, 1.82) is 0 Å². The van der Waals surface area contributed by atoms with Gasteiger partial charge in [0.15, 0.2) is 5.78 Å². The Bertz CT molecular complexity index is 649. The van der Waals surface area contributed by atoms with Gasteiger partial charge in [0.25, 0.3) is 0 Å². The Hall–Kier alpha value is -1.81. The molecule has 1 aromatic carbocycles. The number of rotatable bonds is 3. The van der Waals surface area contributed by atoms with Gasteiger partial charge < -0.3 is 9.30 Å². The average molecular weight is 277 g/mol. The molecule has 0 saturated heterocycles. The van der Waals surface area contributed by atoms with Crippen molar-refractivity contribution >= 4 is 17.4 Å². The van der Waals surface area contributed by atoms with Crippen LogP contribution in [0.5, 0.6) is 5.75 Å². The van der Waals surface area contributed by atoms with Gasteiger partial charge in [-0.15, -0.1) is 0 Å². The maximum absolute atomic E-state index is 12.2. The van der Waals surface area contributed by atoms with Gasteiger partial charge in [0.2, 0.25) is 0 Å². The summed E-state index contributed by atoms with van der Waals surface area (Å²) in [7, 11) is 1.84. The van der Waals surface area contributed by atoms with E-state index in [2.05, 4.69) is 4.98 Å². The predicted octanol–water partition coefficient (Wildman–Crippen LogP) is 2.43. The fraction of sp³-hybridized carbons (Fsp3) is 0.286. The van der Waals surface area contributed by atoms with Crippen molar-refractivity contribution in [1.82, 2.24) is 9.55 Å². The summed E-state index contributed by atoms with van der Waals surface area (Å²) in [5.74, 6) is 0.786. The molecular formula is C14H13ClN2O2. The van der Waals surface area contributed by atoms with E-state index in [1.807, 2.05) is 13.1 Å². The van der Waals surface area contributed by atoms with Gasteiger partial charge in [-0.2, -0.15) is 0 Å². The minimum Gasteiger partial charge on any atom is -0.493 e. The van der Waals surface area contributed by atoms with Crippen LogP contribution >= 0.6 is 11.6 Å². The van der Waals surface area contributed by atoms with Gasteiger partial charge in [-0.05, 0) is 17.7 Å². The van der Waals surface area contributed by atoms with Crippen LogP contribution in [0.25, 0.3) is 0 Å². The summed E-state index contributed by atoms with van der Waals surface area (Å²) >= 11 is 6.08. The SMILES string of the molecule is Cn1cnc(C(=O)Cc2cc(Cl)cc3c2OCC3)c1. The fourth-order valence-electron chi connectivity index (χ4n) is 2.30. The lowest BCUT2D eigenvalue weighted by Crippen LogP contribution is -2.05. The van der Waals surface area contributed by atoms with E-state index in [0.717, 1.165) is 23.3 Å². The van der Waals surface area contributed by atoms with Crippen LogP contribution in [0.4, 0.5) is 0 Å². The summed E-state index contributed by atoms with van der Waals surface area (Å²) in [6, 6.07) is 3.70. The molecule has 98 valence electrons. The standard InChI is InChI=1S/C14H13ClN2O2/c1-17-7-12(16-8-17)13(18)6-10-5-11(15)4-9-2-3-19-14(9)10/h4-5,7-8H,2-3,6H2,1H3. The number of hydrogen-bond donors (Lipinski definition) is 0. The third kappa shape index (κ3) is 2.36. The second kappa shape index (κ2) is 4.70. The summed E-state index contributed by atoms with van der Waals surface area (Å²) in [6.45, 7) is 0.653. The van der Waals surface area contributed by atoms with E-state index in [4.69, 9.17) is 16.3 Å². The molecule has 1 aliphatic heterocycles. The molecule has 0 amide bonds. The van der Waals surface area contributed by atoms with Crippen molar-refractivity contribution in [2.45, 2.75) is 12.8 Å². The van der Waals surface area contributed by atoms with Crippen LogP contribution in [-0.2, 0) is 19.9 Å². The van der Waals surface area contributed by atoms with Crippen molar-refractivity contribution in [3.8, 4) is 5.75 Å². The van der Waals surface area contributed by atoms with Crippen LogP contribution in [0.15, 0.2) is 24.7 Å². The van der Waals surface area contributed by atoms with Gasteiger partial charge in [0.05, 0.1) is 12.9 Å². The molecule has 5 heteroatoms. The first kappa shape index (κ1) is 12.2. The third-order valence-corrected chi connectivity index (χ3v) is 3.39. The van der Waals surface area contributed by atoms with Crippen molar-refractivity contribution in [2.24, 2.45) is 7.05 Å². The van der Waals surface area contributed by atoms with Gasteiger partial charge in [0, 0.05) is 36.7 Å². The smallest absolute Gasteiger partial charge is 0.187 e. The predicted molar refractivity (Wildman–Crippen MR) is 71.9 cm³/mol. The lowest BCUT2D eigenvalue weighted by atomic mass is 10.0. The fourth-order valence-corrected chi connectivity index (χ4v) is 2.56. The van der Waals surface area contributed by atoms with Crippen LogP contribution in [0.1, 0.15) is 21.6 Å². The average Bonchev–Trinajstić information content (AvgIpc) is 2.97. The molecule has 0 atom stereocenters. The zero-order chi connectivity index (χ0) is 13.4. The number of fused-ring (bicyclic) bond motifs is 1. The topological polar surface area (TPSA) is 44.1 Å². The molecule has 0 saturated carbocycles. The van der Waals surface area contributed by atoms with Crippen LogP contribution in [-0.4, -0.2) is 21.9 Å². The van der Waals surface area contributed by atoms with Crippen LogP contribution in [0, 0.1) is 0 Å². The minimum atomic E-state index is -0.0273. The van der Waals surface area contributed by atoms with Crippen LogP contribution < -0.4 is 4.74 Å². The lowest BCUT2D eigenvalue weighted by Gasteiger charge is -2.07. The molecule has 1 aliphatic rings. The van der Waals surface area contributed by atoms with E-state index in [0.29, 0.717) is 17.3 Å². The molecular weight excluding hydrogens is 264 g/mol. The van der Waals surface area contributed by atoms with E-state index in [1.165, 1.54) is 0 Å². The zero-order valence-corrected chi connectivity index (χ0v) is 11.3. The Morgan fingerprint density at radius 1 is 1.53 bits per heavy atom. The molecule has 0 N–H and O–H groups in total. The Balaban J connectivity index is 1.90. The molecule has 1 aromatic heterocycles. The number of Topliss-reactive ketones (excluding diaryl/α,β-unsaturated/α-hetero) is 1. The van der Waals surface area contributed by atoms with E-state index >= 15 is 0 Å². The van der Waals surface area contributed by atoms with Gasteiger partial charge in [-0.1, -0.05) is 11.6 Å². The van der Waals surface area contributed by atoms with Crippen molar-refractivity contribution in [3.63, 3.8) is 0 Å². The number of ether oxygens (including phenoxy) is 1. The number of imidazole rings is 1. The summed E-state index contributed by atoms with van der Waals surface area (Å²) in [6.07, 6.45) is 4.45. The van der Waals surface area contributed by atoms with Gasteiger partial charge in [-0.3, -0.25) is 4.79 Å². The number of halogens is 1. The Morgan fingerprint density at radius 3 is 3.11 bits per heavy atom. The summed E-state index contributed by atoms with van der Waals surface area (Å²) in [4.78, 5) is 16.2. The molecule has 2 aromatic rings. The molecule has 0 fully saturated rings. The zero-order valence-electron chi connectivity index (χ0n) is 10.5. The molecule has 2 heterocycles. The van der Waals surface area contributed by atoms with E-state index < -0.39 is 0 Å². The Labute approximate surface area is 116 Å². The van der Waals surface area contributed by atoms with Crippen LogP contribution in [0.3, 0.4) is 0 Å². The van der Waals surface area contributed by atoms with E-state index in [-0.39, 0.29) is 12.2 Å². The highest BCUT2D eigenvalue weighted by molar-refractivity contribution is 6.30. The van der Waals surface area contributed by atoms with Crippen molar-refractivity contribution in [2.75, 3.05) is 6.61 Å². The quantitative estimate of drug-likeness (QED) is 0.809. The van der Waals surface area contributed by atoms with Crippen LogP contribution in [0.2, 0.25) is 5.02 Å². The maximum Gasteiger partial charge on any atom is 0.187 e. The van der Waals surface area contributed by atoms with Gasteiger partial charge >= 0.3 is 0 Å². The molecule has 0 aliphatic carbocycles. The monoisotopic (exact) mass is 276 g/mol. The second-order valence-corrected chi connectivity index (χ2v) is 5.11. The molecule has 19 heavy (non-hydrogen) atoms. The van der Waals surface area contributed by atoms with Crippen molar-refractivity contribution in [3.05, 3.63) is 46.5 Å². The largest absolute Gasteiger partial charge is 0.493 e. The molecule has 0 unspecified atom stereocenters. The molecule has 3 rings (SSSR count). The first-order valence-corrected chi connectivity index (χ1v) is 6.46. The number of aryl methyl sites for hydroxylation is 1. The number of benzene rings is 1. The number of carbonyl (C=O) groups excluding carboxylic acids is 1. The summed E-state index contributed by atoms with van der Waals surface area (Å²) in [5, 5.41) is 0.646. The van der Waals surface area contributed by atoms with E-state index in [1.54, 1.807) is 23.2 Å². The molecule has 0 spiro atoms. The normalized spacial score (nSPS) is 13.2. The highest BCUT2D eigenvalue weighted by Crippen LogP contribution is 2.33. The molecule has 4 nitrogen and oxygen atoms in total. The molecule has 0 bridgehead atoms. The Morgan fingerprint density at radius 2 is 2.37 bits per heavy atom. The summed E-state index contributed by atoms with van der Waals surface area (Å²) in [5.41, 5.74) is 2.39. The van der Waals surface area contributed by atoms with Crippen molar-refractivity contribution < 1.29 is 9.53 Å². The first-order chi connectivity index (χ1) is 9.13. The highest BCUT2D eigenvalue weighted by atomic mass is 35.5. The summed E-state index contributed by atoms with van der Waals surface area (Å²) < 4.78 is 7.35. The van der Waals surface area contributed by atoms with E-state index in [9.17, 15) is 4.79 Å².